The highest BCUT2D eigenvalue weighted by Crippen LogP contribution is 2.40. The van der Waals surface area contributed by atoms with E-state index in [1.165, 1.54) is 0 Å². The number of esters is 2. The molecule has 0 saturated carbocycles. The second-order valence-electron chi connectivity index (χ2n) is 14.9. The van der Waals surface area contributed by atoms with Gasteiger partial charge in [0.25, 0.3) is 0 Å². The Balaban J connectivity index is 1.38. The Kier molecular flexibility index (Phi) is 11.2. The van der Waals surface area contributed by atoms with Crippen molar-refractivity contribution in [1.82, 2.24) is 4.90 Å². The van der Waals surface area contributed by atoms with Crippen LogP contribution in [0.1, 0.15) is 83.3 Å². The van der Waals surface area contributed by atoms with Crippen LogP contribution in [0.5, 0.6) is 5.75 Å². The maximum absolute atomic E-state index is 13.3. The van der Waals surface area contributed by atoms with E-state index in [1.807, 2.05) is 71.9 Å². The highest BCUT2D eigenvalue weighted by molar-refractivity contribution is 5.91. The highest BCUT2D eigenvalue weighted by Gasteiger charge is 2.39. The van der Waals surface area contributed by atoms with Crippen LogP contribution in [0.4, 0.5) is 10.5 Å². The number of nitrogens with one attached hydrogen (secondary N) is 1. The third-order valence-corrected chi connectivity index (χ3v) is 8.58. The van der Waals surface area contributed by atoms with Gasteiger partial charge in [-0.05, 0) is 120 Å². The van der Waals surface area contributed by atoms with Crippen molar-refractivity contribution in [2.75, 3.05) is 25.0 Å². The van der Waals surface area contributed by atoms with Crippen molar-refractivity contribution < 1.29 is 28.6 Å². The molecule has 3 aromatic rings. The lowest BCUT2D eigenvalue weighted by molar-refractivity contribution is -0.161. The van der Waals surface area contributed by atoms with E-state index in [1.54, 1.807) is 30.3 Å². The first kappa shape index (κ1) is 35.7. The summed E-state index contributed by atoms with van der Waals surface area (Å²) in [4.78, 5) is 40.7. The van der Waals surface area contributed by atoms with Gasteiger partial charge < -0.3 is 19.1 Å². The zero-order valence-corrected chi connectivity index (χ0v) is 29.1. The van der Waals surface area contributed by atoms with Gasteiger partial charge in [0, 0.05) is 18.8 Å². The van der Waals surface area contributed by atoms with Crippen LogP contribution in [0.3, 0.4) is 0 Å². The van der Waals surface area contributed by atoms with Crippen LogP contribution in [0, 0.1) is 11.8 Å². The maximum Gasteiger partial charge on any atom is 0.417 e. The van der Waals surface area contributed by atoms with Gasteiger partial charge in [0.1, 0.15) is 17.0 Å². The number of piperidine rings is 1. The van der Waals surface area contributed by atoms with Crippen LogP contribution < -0.4 is 10.1 Å². The first-order valence-corrected chi connectivity index (χ1v) is 16.4. The van der Waals surface area contributed by atoms with Gasteiger partial charge in [0.05, 0.1) is 11.5 Å². The Morgan fingerprint density at radius 2 is 1.55 bits per heavy atom. The predicted molar refractivity (Wildman–Crippen MR) is 185 cm³/mol. The van der Waals surface area contributed by atoms with E-state index in [4.69, 9.17) is 14.2 Å². The standard InChI is InChI=1S/C39H50N2O6/c1-27-25-41(26-30(35(43)47-38(5,6)7)23-28-13-10-9-11-14-28)22-21-39(27,8)31-15-12-16-33(24-31)45-36(44)40-32-19-17-29(18-20-32)34(42)46-37(2,3)4/h9-20,24,27,30H,21-23,25-26H2,1-8H3,(H,40,44)/t27-,30-,39+/m0/s1. The van der Waals surface area contributed by atoms with Crippen LogP contribution >= 0.6 is 0 Å². The van der Waals surface area contributed by atoms with Gasteiger partial charge in [-0.15, -0.1) is 0 Å². The molecule has 4 rings (SSSR count). The quantitative estimate of drug-likeness (QED) is 0.236. The van der Waals surface area contributed by atoms with Crippen molar-refractivity contribution in [1.29, 1.82) is 0 Å². The molecule has 252 valence electrons. The third-order valence-electron chi connectivity index (χ3n) is 8.58. The lowest BCUT2D eigenvalue weighted by Gasteiger charge is -2.46. The van der Waals surface area contributed by atoms with Crippen molar-refractivity contribution in [3.8, 4) is 5.75 Å². The molecule has 1 aliphatic heterocycles. The van der Waals surface area contributed by atoms with Crippen molar-refractivity contribution in [2.45, 2.75) is 84.8 Å². The summed E-state index contributed by atoms with van der Waals surface area (Å²) in [6, 6.07) is 24.3. The normalized spacial score (nSPS) is 19.4. The van der Waals surface area contributed by atoms with Gasteiger partial charge >= 0.3 is 18.0 Å². The van der Waals surface area contributed by atoms with Crippen molar-refractivity contribution in [2.24, 2.45) is 11.8 Å². The second kappa shape index (κ2) is 14.7. The zero-order valence-electron chi connectivity index (χ0n) is 29.1. The third kappa shape index (κ3) is 10.4. The minimum Gasteiger partial charge on any atom is -0.460 e. The minimum absolute atomic E-state index is 0.148. The number of ether oxygens (including phenoxy) is 3. The molecule has 1 heterocycles. The summed E-state index contributed by atoms with van der Waals surface area (Å²) < 4.78 is 16.9. The van der Waals surface area contributed by atoms with Gasteiger partial charge in [-0.3, -0.25) is 10.1 Å². The predicted octanol–water partition coefficient (Wildman–Crippen LogP) is 8.05. The number of hydrogen-bond acceptors (Lipinski definition) is 7. The number of benzene rings is 3. The van der Waals surface area contributed by atoms with E-state index in [0.29, 0.717) is 30.0 Å². The summed E-state index contributed by atoms with van der Waals surface area (Å²) in [6.07, 6.45) is 0.903. The molecule has 3 atom stereocenters. The summed E-state index contributed by atoms with van der Waals surface area (Å²) in [5.41, 5.74) is 1.84. The smallest absolute Gasteiger partial charge is 0.417 e. The molecule has 0 aromatic heterocycles. The maximum atomic E-state index is 13.3. The molecule has 0 spiro atoms. The molecule has 3 aromatic carbocycles. The average molecular weight is 643 g/mol. The van der Waals surface area contributed by atoms with E-state index in [2.05, 4.69) is 42.3 Å². The highest BCUT2D eigenvalue weighted by atomic mass is 16.6. The first-order chi connectivity index (χ1) is 22.0. The number of carbonyl (C=O) groups is 3. The Labute approximate surface area is 279 Å². The summed E-state index contributed by atoms with van der Waals surface area (Å²) in [7, 11) is 0. The molecule has 8 nitrogen and oxygen atoms in total. The fraction of sp³-hybridized carbons (Fsp3) is 0.462. The molecule has 1 aliphatic rings. The number of hydrogen-bond donors (Lipinski definition) is 1. The van der Waals surface area contributed by atoms with Gasteiger partial charge in [-0.1, -0.05) is 56.3 Å². The number of carbonyl (C=O) groups excluding carboxylic acids is 3. The molecule has 0 radical (unpaired) electrons. The molecule has 8 heteroatoms. The summed E-state index contributed by atoms with van der Waals surface area (Å²) in [5, 5.41) is 2.73. The van der Waals surface area contributed by atoms with E-state index in [0.717, 1.165) is 30.6 Å². The summed E-state index contributed by atoms with van der Waals surface area (Å²) in [6.45, 7) is 18.0. The molecule has 1 saturated heterocycles. The molecular weight excluding hydrogens is 592 g/mol. The van der Waals surface area contributed by atoms with Crippen molar-refractivity contribution >= 4 is 23.7 Å². The molecular formula is C39H50N2O6. The fourth-order valence-electron chi connectivity index (χ4n) is 5.92. The molecule has 0 aliphatic carbocycles. The fourth-order valence-corrected chi connectivity index (χ4v) is 5.92. The van der Waals surface area contributed by atoms with Gasteiger partial charge in [0.15, 0.2) is 0 Å². The van der Waals surface area contributed by atoms with E-state index in [-0.39, 0.29) is 23.2 Å². The van der Waals surface area contributed by atoms with Gasteiger partial charge in [0.2, 0.25) is 0 Å². The van der Waals surface area contributed by atoms with Crippen LogP contribution in [-0.2, 0) is 26.1 Å². The largest absolute Gasteiger partial charge is 0.460 e. The van der Waals surface area contributed by atoms with Crippen molar-refractivity contribution in [3.63, 3.8) is 0 Å². The van der Waals surface area contributed by atoms with Crippen LogP contribution in [0.15, 0.2) is 78.9 Å². The number of rotatable bonds is 9. The lowest BCUT2D eigenvalue weighted by atomic mass is 9.68. The molecule has 1 N–H and O–H groups in total. The first-order valence-electron chi connectivity index (χ1n) is 16.4. The van der Waals surface area contributed by atoms with Crippen LogP contribution in [-0.4, -0.2) is 53.8 Å². The van der Waals surface area contributed by atoms with E-state index < -0.39 is 23.3 Å². The molecule has 0 bridgehead atoms. The Morgan fingerprint density at radius 1 is 0.894 bits per heavy atom. The van der Waals surface area contributed by atoms with Crippen LogP contribution in [0.2, 0.25) is 0 Å². The lowest BCUT2D eigenvalue weighted by Crippen LogP contribution is -2.49. The SMILES string of the molecule is C[C@H]1CN(C[C@H](Cc2ccccc2)C(=O)OC(C)(C)C)CC[C@@]1(C)c1cccc(OC(=O)Nc2ccc(C(=O)OC(C)(C)C)cc2)c1. The second-order valence-corrected chi connectivity index (χ2v) is 14.9. The van der Waals surface area contributed by atoms with E-state index >= 15 is 0 Å². The number of likely N-dealkylation sites (tertiary alicyclic amines) is 1. The Bertz CT molecular complexity index is 1520. The minimum atomic E-state index is -0.619. The summed E-state index contributed by atoms with van der Waals surface area (Å²) >= 11 is 0. The van der Waals surface area contributed by atoms with Gasteiger partial charge in [-0.25, -0.2) is 9.59 Å². The van der Waals surface area contributed by atoms with Gasteiger partial charge in [-0.2, -0.15) is 0 Å². The van der Waals surface area contributed by atoms with Crippen molar-refractivity contribution in [3.05, 3.63) is 95.6 Å². The zero-order chi connectivity index (χ0) is 34.4. The topological polar surface area (TPSA) is 94.2 Å². The number of nitrogens with zero attached hydrogens (tertiary/aromatic N) is 1. The molecule has 0 unspecified atom stereocenters. The van der Waals surface area contributed by atoms with Crippen LogP contribution in [0.25, 0.3) is 0 Å². The number of amides is 1. The number of anilines is 1. The monoisotopic (exact) mass is 642 g/mol. The Morgan fingerprint density at radius 3 is 2.17 bits per heavy atom. The van der Waals surface area contributed by atoms with E-state index in [9.17, 15) is 14.4 Å². The molecule has 1 amide bonds. The molecule has 47 heavy (non-hydrogen) atoms. The average Bonchev–Trinajstić information content (AvgIpc) is 2.98. The Hall–Kier alpha value is -4.17. The summed E-state index contributed by atoms with van der Waals surface area (Å²) in [5.74, 6) is -0.123. The molecule has 1 fully saturated rings.